The van der Waals surface area contributed by atoms with Crippen molar-refractivity contribution in [1.29, 1.82) is 0 Å². The predicted octanol–water partition coefficient (Wildman–Crippen LogP) is 4.71. The fourth-order valence-electron chi connectivity index (χ4n) is 5.48. The van der Waals surface area contributed by atoms with Gasteiger partial charge in [-0.15, -0.1) is 0 Å². The molecule has 4 rings (SSSR count). The van der Waals surface area contributed by atoms with E-state index in [0.717, 1.165) is 37.4 Å². The van der Waals surface area contributed by atoms with E-state index in [1.165, 1.54) is 11.1 Å². The molecule has 2 heterocycles. The van der Waals surface area contributed by atoms with Crippen LogP contribution in [0.1, 0.15) is 78.7 Å². The molecule has 37 heavy (non-hydrogen) atoms. The molecule has 0 bridgehead atoms. The third kappa shape index (κ3) is 6.27. The van der Waals surface area contributed by atoms with Gasteiger partial charge in [0.1, 0.15) is 11.7 Å². The summed E-state index contributed by atoms with van der Waals surface area (Å²) in [6.45, 7) is 12.3. The molecule has 0 spiro atoms. The van der Waals surface area contributed by atoms with Gasteiger partial charge in [0.15, 0.2) is 11.6 Å². The first kappa shape index (κ1) is 27.0. The van der Waals surface area contributed by atoms with Crippen LogP contribution >= 0.6 is 0 Å². The van der Waals surface area contributed by atoms with Gasteiger partial charge in [-0.25, -0.2) is 19.6 Å². The molecule has 0 unspecified atom stereocenters. The van der Waals surface area contributed by atoms with Crippen LogP contribution in [0, 0.1) is 17.6 Å². The van der Waals surface area contributed by atoms with E-state index >= 15 is 4.39 Å². The third-order valence-electron chi connectivity index (χ3n) is 6.81. The third-order valence-corrected chi connectivity index (χ3v) is 6.81. The summed E-state index contributed by atoms with van der Waals surface area (Å²) < 4.78 is 29.9. The summed E-state index contributed by atoms with van der Waals surface area (Å²) in [4.78, 5) is 8.38. The van der Waals surface area contributed by atoms with Crippen molar-refractivity contribution in [2.75, 3.05) is 15.6 Å². The Morgan fingerprint density at radius 3 is 2.35 bits per heavy atom. The Morgan fingerprint density at radius 2 is 1.78 bits per heavy atom. The fourth-order valence-corrected chi connectivity index (χ4v) is 5.48. The van der Waals surface area contributed by atoms with Gasteiger partial charge in [0, 0.05) is 23.0 Å². The van der Waals surface area contributed by atoms with Gasteiger partial charge in [-0.05, 0) is 77.0 Å². The molecule has 2 aliphatic rings. The minimum Gasteiger partial charge on any atom is -0.365 e. The number of hydrogen-bond donors (Lipinski definition) is 5. The number of rotatable bonds is 7. The SMILES string of the molecule is CC(C)/C(=N/N)N(N)c1cc(Nc2ncc(F)c(NC3CC(C)(C)NC(C)(C)C3)n2)c(F)cc1C1CC1. The smallest absolute Gasteiger partial charge is 0.229 e. The van der Waals surface area contributed by atoms with E-state index in [1.54, 1.807) is 6.07 Å². The van der Waals surface area contributed by atoms with E-state index in [-0.39, 0.29) is 46.4 Å². The van der Waals surface area contributed by atoms with Crippen LogP contribution in [0.25, 0.3) is 0 Å². The Labute approximate surface area is 217 Å². The number of hydrazine groups is 1. The first-order chi connectivity index (χ1) is 17.3. The zero-order chi connectivity index (χ0) is 27.1. The molecule has 1 aromatic carbocycles. The molecule has 0 radical (unpaired) electrons. The maximum Gasteiger partial charge on any atom is 0.229 e. The maximum absolute atomic E-state index is 15.2. The second-order valence-corrected chi connectivity index (χ2v) is 11.8. The molecule has 1 saturated heterocycles. The number of hydrogen-bond acceptors (Lipinski definition) is 8. The largest absolute Gasteiger partial charge is 0.365 e. The molecule has 0 amide bonds. The topological polar surface area (TPSA) is 130 Å². The average molecular weight is 516 g/mol. The Hall–Kier alpha value is -3.05. The normalized spacial score (nSPS) is 19.7. The van der Waals surface area contributed by atoms with Crippen molar-refractivity contribution in [2.24, 2.45) is 22.7 Å². The van der Waals surface area contributed by atoms with Crippen LogP contribution in [0.5, 0.6) is 0 Å². The standard InChI is InChI=1S/C26H39F2N9/c1-14(2)23(35-29)37(30)21-10-20(18(27)9-17(21)15-7-8-15)33-24-31-13-19(28)22(34-24)32-16-11-25(3,4)36-26(5,6)12-16/h9-10,13-16,36H,7-8,11-12,29-30H2,1-6H3,(H2,31,32,33,34)/b35-23-. The molecule has 2 aromatic rings. The summed E-state index contributed by atoms with van der Waals surface area (Å²) in [6.07, 6.45) is 4.58. The number of benzene rings is 1. The highest BCUT2D eigenvalue weighted by molar-refractivity contribution is 5.99. The lowest BCUT2D eigenvalue weighted by atomic mass is 9.79. The van der Waals surface area contributed by atoms with E-state index in [4.69, 9.17) is 11.7 Å². The highest BCUT2D eigenvalue weighted by atomic mass is 19.1. The lowest BCUT2D eigenvalue weighted by molar-refractivity contribution is 0.170. The van der Waals surface area contributed by atoms with Crippen LogP contribution < -0.4 is 32.6 Å². The second kappa shape index (κ2) is 10.0. The first-order valence-corrected chi connectivity index (χ1v) is 12.8. The first-order valence-electron chi connectivity index (χ1n) is 12.8. The van der Waals surface area contributed by atoms with Gasteiger partial charge in [-0.3, -0.25) is 5.01 Å². The maximum atomic E-state index is 15.2. The summed E-state index contributed by atoms with van der Waals surface area (Å²) >= 11 is 0. The van der Waals surface area contributed by atoms with Gasteiger partial charge in [-0.1, -0.05) is 13.8 Å². The van der Waals surface area contributed by atoms with Crippen LogP contribution in [0.2, 0.25) is 0 Å². The van der Waals surface area contributed by atoms with Crippen molar-refractivity contribution in [2.45, 2.75) is 90.3 Å². The summed E-state index contributed by atoms with van der Waals surface area (Å²) in [5, 5.41) is 15.0. The number of aromatic nitrogens is 2. The zero-order valence-corrected chi connectivity index (χ0v) is 22.5. The highest BCUT2D eigenvalue weighted by Crippen LogP contribution is 2.46. The van der Waals surface area contributed by atoms with Crippen LogP contribution in [-0.2, 0) is 0 Å². The van der Waals surface area contributed by atoms with Crippen molar-refractivity contribution in [3.8, 4) is 0 Å². The van der Waals surface area contributed by atoms with Crippen LogP contribution in [-0.4, -0.2) is 32.9 Å². The molecule has 2 fully saturated rings. The molecule has 9 nitrogen and oxygen atoms in total. The monoisotopic (exact) mass is 515 g/mol. The van der Waals surface area contributed by atoms with E-state index in [9.17, 15) is 4.39 Å². The lowest BCUT2D eigenvalue weighted by Gasteiger charge is -2.46. The van der Waals surface area contributed by atoms with Crippen LogP contribution in [0.4, 0.5) is 31.9 Å². The van der Waals surface area contributed by atoms with Gasteiger partial charge in [0.25, 0.3) is 0 Å². The summed E-state index contributed by atoms with van der Waals surface area (Å²) in [5.41, 5.74) is 1.28. The Morgan fingerprint density at radius 1 is 1.14 bits per heavy atom. The van der Waals surface area contributed by atoms with E-state index < -0.39 is 11.6 Å². The van der Waals surface area contributed by atoms with Gasteiger partial charge in [0.2, 0.25) is 5.95 Å². The van der Waals surface area contributed by atoms with Gasteiger partial charge >= 0.3 is 0 Å². The number of nitrogens with two attached hydrogens (primary N) is 2. The number of amidine groups is 1. The van der Waals surface area contributed by atoms with Crippen molar-refractivity contribution < 1.29 is 8.78 Å². The number of nitrogens with zero attached hydrogens (tertiary/aromatic N) is 4. The van der Waals surface area contributed by atoms with Gasteiger partial charge in [0.05, 0.1) is 17.6 Å². The molecule has 202 valence electrons. The quantitative estimate of drug-likeness (QED) is 0.155. The minimum atomic E-state index is -0.571. The average Bonchev–Trinajstić information content (AvgIpc) is 3.60. The van der Waals surface area contributed by atoms with Gasteiger partial charge < -0.3 is 21.8 Å². The molecule has 1 saturated carbocycles. The van der Waals surface area contributed by atoms with Crippen molar-refractivity contribution >= 4 is 29.0 Å². The van der Waals surface area contributed by atoms with Crippen LogP contribution in [0.15, 0.2) is 23.4 Å². The van der Waals surface area contributed by atoms with Gasteiger partial charge in [-0.2, -0.15) is 10.1 Å². The van der Waals surface area contributed by atoms with E-state index in [0.29, 0.717) is 11.5 Å². The number of nitrogens with one attached hydrogen (secondary N) is 3. The molecule has 0 atom stereocenters. The van der Waals surface area contributed by atoms with Crippen molar-refractivity contribution in [3.63, 3.8) is 0 Å². The van der Waals surface area contributed by atoms with E-state index in [2.05, 4.69) is 58.7 Å². The molecule has 7 N–H and O–H groups in total. The number of piperidine rings is 1. The molecule has 1 aliphatic carbocycles. The molecular formula is C26H39F2N9. The Balaban J connectivity index is 1.61. The Bertz CT molecular complexity index is 1160. The zero-order valence-electron chi connectivity index (χ0n) is 22.5. The molecular weight excluding hydrogens is 476 g/mol. The summed E-state index contributed by atoms with van der Waals surface area (Å²) in [6, 6.07) is 3.08. The fraction of sp³-hybridized carbons (Fsp3) is 0.577. The van der Waals surface area contributed by atoms with Crippen molar-refractivity contribution in [1.82, 2.24) is 15.3 Å². The Kier molecular flexibility index (Phi) is 7.31. The lowest BCUT2D eigenvalue weighted by Crippen LogP contribution is -2.60. The predicted molar refractivity (Wildman–Crippen MR) is 145 cm³/mol. The number of halogens is 2. The highest BCUT2D eigenvalue weighted by Gasteiger charge is 2.38. The number of anilines is 4. The summed E-state index contributed by atoms with van der Waals surface area (Å²) in [5.74, 6) is 11.8. The molecule has 1 aromatic heterocycles. The van der Waals surface area contributed by atoms with Crippen molar-refractivity contribution in [3.05, 3.63) is 35.5 Å². The molecule has 1 aliphatic heterocycles. The van der Waals surface area contributed by atoms with Crippen LogP contribution in [0.3, 0.4) is 0 Å². The number of hydrazone groups is 1. The molecule has 11 heteroatoms. The van der Waals surface area contributed by atoms with E-state index in [1.807, 2.05) is 13.8 Å². The minimum absolute atomic E-state index is 0.000432. The second-order valence-electron chi connectivity index (χ2n) is 11.8. The summed E-state index contributed by atoms with van der Waals surface area (Å²) in [7, 11) is 0.